The van der Waals surface area contributed by atoms with Crippen LogP contribution in [-0.2, 0) is 0 Å². The van der Waals surface area contributed by atoms with E-state index in [0.717, 1.165) is 11.9 Å². The number of hydrogen-bond donors (Lipinski definition) is 2. The predicted octanol–water partition coefficient (Wildman–Crippen LogP) is 3.62. The Balaban J connectivity index is 1.71. The van der Waals surface area contributed by atoms with E-state index in [1.54, 1.807) is 24.3 Å². The third kappa shape index (κ3) is 4.21. The van der Waals surface area contributed by atoms with Crippen LogP contribution >= 0.6 is 15.9 Å². The molecule has 3 aromatic rings. The smallest absolute Gasteiger partial charge is 0.312 e. The molecule has 0 radical (unpaired) electrons. The molecule has 1 aromatic heterocycles. The number of amides is 1. The minimum Gasteiger partial charge on any atom is -0.502 e. The van der Waals surface area contributed by atoms with E-state index in [9.17, 15) is 20.0 Å². The molecule has 1 heterocycles. The summed E-state index contributed by atoms with van der Waals surface area (Å²) in [7, 11) is 0. The maximum Gasteiger partial charge on any atom is 0.312 e. The number of rotatable bonds is 5. The van der Waals surface area contributed by atoms with Gasteiger partial charge in [0.15, 0.2) is 0 Å². The number of hydrogen-bond acceptors (Lipinski definition) is 5. The van der Waals surface area contributed by atoms with Crippen molar-refractivity contribution in [1.29, 1.82) is 0 Å². The molecule has 0 aliphatic carbocycles. The predicted molar refractivity (Wildman–Crippen MR) is 103 cm³/mol. The number of nitrogens with one attached hydrogen (secondary N) is 1. The standard InChI is InChI=1S/C18H13BrN4O4/c19-14-9-13(17(24)16(10-14)23(26)27)11-20-21-18(25)12-3-5-15(6-4-12)22-7-1-2-8-22/h1-11,24H,(H,21,25)/b20-11+. The second kappa shape index (κ2) is 7.83. The zero-order valence-corrected chi connectivity index (χ0v) is 15.3. The monoisotopic (exact) mass is 428 g/mol. The molecule has 1 amide bonds. The van der Waals surface area contributed by atoms with Crippen LogP contribution in [0.15, 0.2) is 70.5 Å². The summed E-state index contributed by atoms with van der Waals surface area (Å²) in [6.07, 6.45) is 4.92. The molecule has 0 spiro atoms. The number of carbonyl (C=O) groups excluding carboxylic acids is 1. The zero-order valence-electron chi connectivity index (χ0n) is 13.7. The molecule has 0 fully saturated rings. The summed E-state index contributed by atoms with van der Waals surface area (Å²) in [5.41, 5.74) is 3.27. The molecule has 0 atom stereocenters. The van der Waals surface area contributed by atoms with Crippen molar-refractivity contribution in [2.45, 2.75) is 0 Å². The van der Waals surface area contributed by atoms with E-state index >= 15 is 0 Å². The minimum atomic E-state index is -0.706. The van der Waals surface area contributed by atoms with Crippen molar-refractivity contribution in [1.82, 2.24) is 9.99 Å². The number of benzene rings is 2. The highest BCUT2D eigenvalue weighted by molar-refractivity contribution is 9.10. The van der Waals surface area contributed by atoms with Gasteiger partial charge in [0.2, 0.25) is 5.75 Å². The normalized spacial score (nSPS) is 10.9. The Bertz CT molecular complexity index is 1010. The van der Waals surface area contributed by atoms with Crippen molar-refractivity contribution < 1.29 is 14.8 Å². The molecule has 0 aliphatic rings. The van der Waals surface area contributed by atoms with Crippen LogP contribution in [0.3, 0.4) is 0 Å². The van der Waals surface area contributed by atoms with Crippen molar-refractivity contribution in [3.8, 4) is 11.4 Å². The summed E-state index contributed by atoms with van der Waals surface area (Å²) in [6.45, 7) is 0. The summed E-state index contributed by atoms with van der Waals surface area (Å²) >= 11 is 3.13. The van der Waals surface area contributed by atoms with Crippen LogP contribution in [0.2, 0.25) is 0 Å². The first-order chi connectivity index (χ1) is 13.0. The number of halogens is 1. The lowest BCUT2D eigenvalue weighted by Gasteiger charge is -2.05. The second-order valence-electron chi connectivity index (χ2n) is 5.46. The molecule has 0 saturated heterocycles. The fourth-order valence-electron chi connectivity index (χ4n) is 2.36. The van der Waals surface area contributed by atoms with Crippen LogP contribution in [0, 0.1) is 10.1 Å². The molecule has 0 aliphatic heterocycles. The maximum absolute atomic E-state index is 12.1. The Morgan fingerprint density at radius 1 is 1.22 bits per heavy atom. The summed E-state index contributed by atoms with van der Waals surface area (Å²) < 4.78 is 2.31. The number of carbonyl (C=O) groups is 1. The third-order valence-corrected chi connectivity index (χ3v) is 4.14. The molecule has 0 saturated carbocycles. The Labute approximate surface area is 162 Å². The third-order valence-electron chi connectivity index (χ3n) is 3.68. The average molecular weight is 429 g/mol. The molecule has 2 aromatic carbocycles. The molecule has 0 bridgehead atoms. The molecule has 8 nitrogen and oxygen atoms in total. The largest absolute Gasteiger partial charge is 0.502 e. The van der Waals surface area contributed by atoms with Crippen molar-refractivity contribution in [3.05, 3.63) is 86.6 Å². The van der Waals surface area contributed by atoms with Gasteiger partial charge in [-0.05, 0) is 42.5 Å². The van der Waals surface area contributed by atoms with E-state index in [1.165, 1.54) is 12.1 Å². The number of phenols is 1. The number of nitro benzene ring substituents is 1. The van der Waals surface area contributed by atoms with Crippen LogP contribution < -0.4 is 5.43 Å². The van der Waals surface area contributed by atoms with Crippen LogP contribution in [0.4, 0.5) is 5.69 Å². The van der Waals surface area contributed by atoms with E-state index in [-0.39, 0.29) is 5.56 Å². The Morgan fingerprint density at radius 3 is 2.52 bits per heavy atom. The molecular weight excluding hydrogens is 416 g/mol. The van der Waals surface area contributed by atoms with Gasteiger partial charge in [-0.15, -0.1) is 0 Å². The van der Waals surface area contributed by atoms with Crippen LogP contribution in [-0.4, -0.2) is 26.7 Å². The van der Waals surface area contributed by atoms with Crippen LogP contribution in [0.1, 0.15) is 15.9 Å². The highest BCUT2D eigenvalue weighted by Gasteiger charge is 2.17. The van der Waals surface area contributed by atoms with Crippen molar-refractivity contribution in [2.75, 3.05) is 0 Å². The summed E-state index contributed by atoms with van der Waals surface area (Å²) in [5, 5.41) is 24.6. The van der Waals surface area contributed by atoms with E-state index in [1.807, 2.05) is 29.1 Å². The number of aromatic nitrogens is 1. The number of nitrogens with zero attached hydrogens (tertiary/aromatic N) is 3. The van der Waals surface area contributed by atoms with Crippen molar-refractivity contribution in [2.24, 2.45) is 5.10 Å². The van der Waals surface area contributed by atoms with Gasteiger partial charge in [0, 0.05) is 39.7 Å². The second-order valence-corrected chi connectivity index (χ2v) is 6.37. The molecule has 3 rings (SSSR count). The number of hydrazone groups is 1. The highest BCUT2D eigenvalue weighted by atomic mass is 79.9. The van der Waals surface area contributed by atoms with Gasteiger partial charge in [0.25, 0.3) is 5.91 Å². The van der Waals surface area contributed by atoms with Gasteiger partial charge in [-0.1, -0.05) is 15.9 Å². The molecule has 27 heavy (non-hydrogen) atoms. The van der Waals surface area contributed by atoms with E-state index in [2.05, 4.69) is 26.5 Å². The summed E-state index contributed by atoms with van der Waals surface area (Å²) in [4.78, 5) is 22.4. The molecule has 9 heteroatoms. The van der Waals surface area contributed by atoms with Gasteiger partial charge in [0.05, 0.1) is 11.1 Å². The quantitative estimate of drug-likeness (QED) is 0.367. The first-order valence-electron chi connectivity index (χ1n) is 7.69. The maximum atomic E-state index is 12.1. The lowest BCUT2D eigenvalue weighted by molar-refractivity contribution is -0.385. The van der Waals surface area contributed by atoms with Gasteiger partial charge in [0.1, 0.15) is 0 Å². The SMILES string of the molecule is O=C(N/N=C/c1cc(Br)cc([N+](=O)[O-])c1O)c1ccc(-n2cccc2)cc1. The molecule has 2 N–H and O–H groups in total. The van der Waals surface area contributed by atoms with Crippen molar-refractivity contribution in [3.63, 3.8) is 0 Å². The zero-order chi connectivity index (χ0) is 19.4. The highest BCUT2D eigenvalue weighted by Crippen LogP contribution is 2.32. The first-order valence-corrected chi connectivity index (χ1v) is 8.49. The molecule has 136 valence electrons. The Kier molecular flexibility index (Phi) is 5.32. The van der Waals surface area contributed by atoms with Crippen molar-refractivity contribution >= 4 is 33.7 Å². The van der Waals surface area contributed by atoms with Gasteiger partial charge in [-0.25, -0.2) is 5.43 Å². The average Bonchev–Trinajstić information content (AvgIpc) is 3.18. The number of aromatic hydroxyl groups is 1. The lowest BCUT2D eigenvalue weighted by Crippen LogP contribution is -2.17. The van der Waals surface area contributed by atoms with E-state index in [0.29, 0.717) is 10.0 Å². The Morgan fingerprint density at radius 2 is 1.89 bits per heavy atom. The van der Waals surface area contributed by atoms with Gasteiger partial charge in [-0.3, -0.25) is 14.9 Å². The topological polar surface area (TPSA) is 110 Å². The Hall–Kier alpha value is -3.46. The fourth-order valence-corrected chi connectivity index (χ4v) is 2.82. The molecule has 0 unspecified atom stereocenters. The summed E-state index contributed by atoms with van der Waals surface area (Å²) in [6, 6.07) is 13.3. The van der Waals surface area contributed by atoms with E-state index in [4.69, 9.17) is 0 Å². The van der Waals surface area contributed by atoms with Crippen LogP contribution in [0.5, 0.6) is 5.75 Å². The van der Waals surface area contributed by atoms with Gasteiger partial charge < -0.3 is 9.67 Å². The molecular formula is C18H13BrN4O4. The minimum absolute atomic E-state index is 0.0966. The number of nitro groups is 1. The fraction of sp³-hybridized carbons (Fsp3) is 0. The first kappa shape index (κ1) is 18.3. The van der Waals surface area contributed by atoms with E-state index < -0.39 is 22.3 Å². The lowest BCUT2D eigenvalue weighted by atomic mass is 10.2. The summed E-state index contributed by atoms with van der Waals surface area (Å²) in [5.74, 6) is -0.980. The van der Waals surface area contributed by atoms with Crippen LogP contribution in [0.25, 0.3) is 5.69 Å². The van der Waals surface area contributed by atoms with Gasteiger partial charge in [-0.2, -0.15) is 5.10 Å². The van der Waals surface area contributed by atoms with Gasteiger partial charge >= 0.3 is 5.69 Å². The number of phenolic OH excluding ortho intramolecular Hbond substituents is 1.